The predicted octanol–water partition coefficient (Wildman–Crippen LogP) is 5.10. The minimum Gasteiger partial charge on any atom is -0.422 e. The Kier molecular flexibility index (Phi) is 5.61. The Morgan fingerprint density at radius 2 is 1.60 bits per heavy atom. The van der Waals surface area contributed by atoms with Crippen molar-refractivity contribution in [1.29, 1.82) is 0 Å². The zero-order valence-electron chi connectivity index (χ0n) is 18.6. The summed E-state index contributed by atoms with van der Waals surface area (Å²) >= 11 is 0. The lowest BCUT2D eigenvalue weighted by atomic mass is 9.79. The van der Waals surface area contributed by atoms with Crippen LogP contribution >= 0.6 is 0 Å². The van der Waals surface area contributed by atoms with Crippen molar-refractivity contribution in [3.63, 3.8) is 0 Å². The van der Waals surface area contributed by atoms with Gasteiger partial charge in [-0.15, -0.1) is 0 Å². The van der Waals surface area contributed by atoms with Crippen molar-refractivity contribution in [3.8, 4) is 0 Å². The smallest absolute Gasteiger partial charge is 0.349 e. The monoisotopic (exact) mass is 406 g/mol. The largest absolute Gasteiger partial charge is 0.422 e. The molecule has 1 heterocycles. The molecule has 0 saturated carbocycles. The second kappa shape index (κ2) is 7.73. The number of carbonyl (C=O) groups is 1. The van der Waals surface area contributed by atoms with Gasteiger partial charge in [0, 0.05) is 23.2 Å². The first-order valence-corrected chi connectivity index (χ1v) is 10.1. The van der Waals surface area contributed by atoms with Crippen LogP contribution in [0, 0.1) is 0 Å². The van der Waals surface area contributed by atoms with Crippen LogP contribution in [0.2, 0.25) is 0 Å². The maximum absolute atomic E-state index is 12.8. The highest BCUT2D eigenvalue weighted by Crippen LogP contribution is 2.35. The number of anilines is 1. The standard InChI is InChI=1S/C25H30N2O3/c1-24(2,3)17-11-16-12-19(22(28)27-18-9-7-15(14-26)8-10-18)23(29)30-21(16)20(13-17)25(4,5)6/h7-13H,14,26H2,1-6H3,(H,27,28). The zero-order chi connectivity index (χ0) is 22.3. The third-order valence-electron chi connectivity index (χ3n) is 5.20. The summed E-state index contributed by atoms with van der Waals surface area (Å²) in [5.41, 5.74) is 8.80. The van der Waals surface area contributed by atoms with E-state index < -0.39 is 11.5 Å². The number of hydrogen-bond acceptors (Lipinski definition) is 4. The summed E-state index contributed by atoms with van der Waals surface area (Å²) in [6.45, 7) is 13.1. The molecular weight excluding hydrogens is 376 g/mol. The van der Waals surface area contributed by atoms with Gasteiger partial charge in [-0.2, -0.15) is 0 Å². The molecule has 0 aliphatic heterocycles. The normalized spacial score (nSPS) is 12.2. The first kappa shape index (κ1) is 21.8. The van der Waals surface area contributed by atoms with E-state index in [-0.39, 0.29) is 16.4 Å². The molecule has 3 aromatic rings. The number of nitrogens with two attached hydrogens (primary N) is 1. The van der Waals surface area contributed by atoms with Crippen molar-refractivity contribution in [1.82, 2.24) is 0 Å². The van der Waals surface area contributed by atoms with Crippen molar-refractivity contribution < 1.29 is 9.21 Å². The fourth-order valence-corrected chi connectivity index (χ4v) is 3.31. The molecule has 30 heavy (non-hydrogen) atoms. The molecule has 0 saturated heterocycles. The highest BCUT2D eigenvalue weighted by molar-refractivity contribution is 6.05. The summed E-state index contributed by atoms with van der Waals surface area (Å²) in [5, 5.41) is 3.51. The van der Waals surface area contributed by atoms with Crippen LogP contribution < -0.4 is 16.7 Å². The van der Waals surface area contributed by atoms with Crippen LogP contribution in [0.25, 0.3) is 11.0 Å². The second-order valence-corrected chi connectivity index (χ2v) is 9.74. The molecule has 0 bridgehead atoms. The lowest BCUT2D eigenvalue weighted by molar-refractivity contribution is 0.102. The summed E-state index contributed by atoms with van der Waals surface area (Å²) < 4.78 is 5.68. The Morgan fingerprint density at radius 3 is 2.13 bits per heavy atom. The molecule has 0 aliphatic carbocycles. The molecule has 5 nitrogen and oxygen atoms in total. The quantitative estimate of drug-likeness (QED) is 0.593. The van der Waals surface area contributed by atoms with Gasteiger partial charge in [-0.25, -0.2) is 4.79 Å². The van der Waals surface area contributed by atoms with Gasteiger partial charge in [0.05, 0.1) is 0 Å². The van der Waals surface area contributed by atoms with Gasteiger partial charge >= 0.3 is 5.63 Å². The molecule has 0 unspecified atom stereocenters. The van der Waals surface area contributed by atoms with Crippen molar-refractivity contribution in [2.75, 3.05) is 5.32 Å². The minimum atomic E-state index is -0.646. The highest BCUT2D eigenvalue weighted by Gasteiger charge is 2.25. The van der Waals surface area contributed by atoms with Crippen molar-refractivity contribution in [2.24, 2.45) is 5.73 Å². The van der Waals surface area contributed by atoms with Gasteiger partial charge in [-0.1, -0.05) is 59.7 Å². The summed E-state index contributed by atoms with van der Waals surface area (Å²) in [5.74, 6) is -0.496. The molecule has 0 aliphatic rings. The van der Waals surface area contributed by atoms with E-state index in [2.05, 4.69) is 52.9 Å². The van der Waals surface area contributed by atoms with Gasteiger partial charge in [0.2, 0.25) is 0 Å². The van der Waals surface area contributed by atoms with Gasteiger partial charge in [0.15, 0.2) is 0 Å². The zero-order valence-corrected chi connectivity index (χ0v) is 18.6. The van der Waals surface area contributed by atoms with Crippen LogP contribution in [0.15, 0.2) is 51.7 Å². The molecule has 3 rings (SSSR count). The Hall–Kier alpha value is -2.92. The van der Waals surface area contributed by atoms with E-state index in [1.165, 1.54) is 0 Å². The molecular formula is C25H30N2O3. The Labute approximate surface area is 177 Å². The molecule has 0 spiro atoms. The molecule has 1 amide bonds. The molecule has 2 aromatic carbocycles. The topological polar surface area (TPSA) is 85.3 Å². The third kappa shape index (κ3) is 4.46. The van der Waals surface area contributed by atoms with Crippen molar-refractivity contribution >= 4 is 22.6 Å². The van der Waals surface area contributed by atoms with Crippen molar-refractivity contribution in [2.45, 2.75) is 58.9 Å². The van der Waals surface area contributed by atoms with Crippen LogP contribution in [0.4, 0.5) is 5.69 Å². The summed E-state index contributed by atoms with van der Waals surface area (Å²) in [4.78, 5) is 25.5. The molecule has 1 aromatic heterocycles. The molecule has 3 N–H and O–H groups in total. The molecule has 5 heteroatoms. The number of carbonyl (C=O) groups excluding carboxylic acids is 1. The maximum Gasteiger partial charge on any atom is 0.349 e. The summed E-state index contributed by atoms with van der Waals surface area (Å²) in [6.07, 6.45) is 0. The van der Waals surface area contributed by atoms with E-state index in [0.29, 0.717) is 17.8 Å². The number of benzene rings is 2. The number of rotatable bonds is 3. The van der Waals surface area contributed by atoms with Gasteiger partial charge in [0.1, 0.15) is 11.1 Å². The number of fused-ring (bicyclic) bond motifs is 1. The Morgan fingerprint density at radius 1 is 0.967 bits per heavy atom. The van der Waals surface area contributed by atoms with Gasteiger partial charge in [-0.3, -0.25) is 4.79 Å². The molecule has 0 radical (unpaired) electrons. The average Bonchev–Trinajstić information content (AvgIpc) is 2.65. The van der Waals surface area contributed by atoms with Crippen LogP contribution in [0.1, 0.15) is 68.6 Å². The van der Waals surface area contributed by atoms with E-state index in [9.17, 15) is 9.59 Å². The second-order valence-electron chi connectivity index (χ2n) is 9.74. The van der Waals surface area contributed by atoms with E-state index in [1.807, 2.05) is 18.2 Å². The third-order valence-corrected chi connectivity index (χ3v) is 5.20. The van der Waals surface area contributed by atoms with Gasteiger partial charge in [0.25, 0.3) is 5.91 Å². The lowest BCUT2D eigenvalue weighted by Gasteiger charge is -2.26. The van der Waals surface area contributed by atoms with E-state index in [4.69, 9.17) is 10.2 Å². The number of hydrogen-bond donors (Lipinski definition) is 2. The average molecular weight is 407 g/mol. The Bertz CT molecular complexity index is 1140. The molecule has 0 atom stereocenters. The first-order chi connectivity index (χ1) is 13.9. The maximum atomic E-state index is 12.8. The fraction of sp³-hybridized carbons (Fsp3) is 0.360. The summed E-state index contributed by atoms with van der Waals surface area (Å²) in [6, 6.07) is 12.9. The first-order valence-electron chi connectivity index (χ1n) is 10.1. The van der Waals surface area contributed by atoms with Crippen molar-refractivity contribution in [3.05, 3.63) is 75.1 Å². The summed E-state index contributed by atoms with van der Waals surface area (Å²) in [7, 11) is 0. The lowest BCUT2D eigenvalue weighted by Crippen LogP contribution is -2.22. The van der Waals surface area contributed by atoms with E-state index >= 15 is 0 Å². The SMILES string of the molecule is CC(C)(C)c1cc(C(C)(C)C)c2oc(=O)c(C(=O)Nc3ccc(CN)cc3)cc2c1. The van der Waals surface area contributed by atoms with Crippen LogP contribution in [-0.2, 0) is 17.4 Å². The van der Waals surface area contributed by atoms with Crippen LogP contribution in [0.3, 0.4) is 0 Å². The minimum absolute atomic E-state index is 0.0173. The highest BCUT2D eigenvalue weighted by atomic mass is 16.4. The number of nitrogens with one attached hydrogen (secondary N) is 1. The van der Waals surface area contributed by atoms with E-state index in [0.717, 1.165) is 22.1 Å². The fourth-order valence-electron chi connectivity index (χ4n) is 3.31. The van der Waals surface area contributed by atoms with Gasteiger partial charge in [-0.05, 0) is 46.2 Å². The molecule has 158 valence electrons. The number of amides is 1. The van der Waals surface area contributed by atoms with E-state index in [1.54, 1.807) is 18.2 Å². The van der Waals surface area contributed by atoms with Crippen LogP contribution in [0.5, 0.6) is 0 Å². The predicted molar refractivity (Wildman–Crippen MR) is 122 cm³/mol. The van der Waals surface area contributed by atoms with Gasteiger partial charge < -0.3 is 15.5 Å². The van der Waals surface area contributed by atoms with Crippen LogP contribution in [-0.4, -0.2) is 5.91 Å². The molecule has 0 fully saturated rings. The Balaban J connectivity index is 2.11.